The molecular formula is C19H22N6O2. The highest BCUT2D eigenvalue weighted by atomic mass is 16.5. The SMILES string of the molecule is Cc1cccc(C=NNc2cc(-n3ccnc3)nc(OCC(C)(C)O)n2)c1. The fraction of sp³-hybridized carbons (Fsp3) is 0.263. The quantitative estimate of drug-likeness (QED) is 0.493. The molecule has 0 saturated heterocycles. The predicted octanol–water partition coefficient (Wildman–Crippen LogP) is 2.57. The highest BCUT2D eigenvalue weighted by molar-refractivity contribution is 5.80. The van der Waals surface area contributed by atoms with Gasteiger partial charge in [0, 0.05) is 18.5 Å². The number of nitrogens with one attached hydrogen (secondary N) is 1. The average Bonchev–Trinajstić information content (AvgIpc) is 3.14. The van der Waals surface area contributed by atoms with Crippen LogP contribution in [0.5, 0.6) is 6.01 Å². The summed E-state index contributed by atoms with van der Waals surface area (Å²) in [5.74, 6) is 1.03. The van der Waals surface area contributed by atoms with Crippen molar-refractivity contribution < 1.29 is 9.84 Å². The molecular weight excluding hydrogens is 344 g/mol. The summed E-state index contributed by atoms with van der Waals surface area (Å²) in [6.07, 6.45) is 6.76. The lowest BCUT2D eigenvalue weighted by Crippen LogP contribution is -2.28. The number of hydrogen-bond acceptors (Lipinski definition) is 7. The van der Waals surface area contributed by atoms with E-state index >= 15 is 0 Å². The monoisotopic (exact) mass is 366 g/mol. The average molecular weight is 366 g/mol. The van der Waals surface area contributed by atoms with Crippen molar-refractivity contribution in [3.05, 3.63) is 60.2 Å². The van der Waals surface area contributed by atoms with E-state index in [1.165, 1.54) is 0 Å². The molecule has 0 saturated carbocycles. The molecule has 140 valence electrons. The van der Waals surface area contributed by atoms with E-state index in [9.17, 15) is 5.11 Å². The molecule has 8 nitrogen and oxygen atoms in total. The van der Waals surface area contributed by atoms with Gasteiger partial charge in [-0.2, -0.15) is 15.1 Å². The molecule has 0 atom stereocenters. The first kappa shape index (κ1) is 18.5. The number of anilines is 1. The van der Waals surface area contributed by atoms with Crippen molar-refractivity contribution in [2.24, 2.45) is 5.10 Å². The number of aryl methyl sites for hydroxylation is 1. The van der Waals surface area contributed by atoms with Crippen molar-refractivity contribution in [3.63, 3.8) is 0 Å². The zero-order valence-electron chi connectivity index (χ0n) is 15.5. The van der Waals surface area contributed by atoms with Crippen LogP contribution in [-0.2, 0) is 0 Å². The lowest BCUT2D eigenvalue weighted by Gasteiger charge is -2.17. The van der Waals surface area contributed by atoms with E-state index in [2.05, 4.69) is 25.5 Å². The van der Waals surface area contributed by atoms with Gasteiger partial charge in [-0.05, 0) is 26.3 Å². The molecule has 2 aromatic heterocycles. The lowest BCUT2D eigenvalue weighted by atomic mass is 10.2. The Morgan fingerprint density at radius 3 is 2.85 bits per heavy atom. The maximum absolute atomic E-state index is 9.86. The Morgan fingerprint density at radius 1 is 1.30 bits per heavy atom. The highest BCUT2D eigenvalue weighted by Gasteiger charge is 2.15. The maximum Gasteiger partial charge on any atom is 0.320 e. The number of imidazole rings is 1. The molecule has 0 unspecified atom stereocenters. The fourth-order valence-corrected chi connectivity index (χ4v) is 2.23. The number of hydrogen-bond donors (Lipinski definition) is 2. The summed E-state index contributed by atoms with van der Waals surface area (Å²) in [7, 11) is 0. The van der Waals surface area contributed by atoms with Crippen molar-refractivity contribution in [2.45, 2.75) is 26.4 Å². The summed E-state index contributed by atoms with van der Waals surface area (Å²) in [6.45, 7) is 5.39. The van der Waals surface area contributed by atoms with Gasteiger partial charge in [0.15, 0.2) is 5.82 Å². The van der Waals surface area contributed by atoms with E-state index in [0.717, 1.165) is 11.1 Å². The molecule has 0 aliphatic rings. The normalized spacial score (nSPS) is 11.7. The van der Waals surface area contributed by atoms with E-state index in [4.69, 9.17) is 4.74 Å². The molecule has 8 heteroatoms. The summed E-state index contributed by atoms with van der Waals surface area (Å²) < 4.78 is 7.26. The molecule has 1 aromatic carbocycles. The molecule has 0 fully saturated rings. The predicted molar refractivity (Wildman–Crippen MR) is 103 cm³/mol. The fourth-order valence-electron chi connectivity index (χ4n) is 2.23. The van der Waals surface area contributed by atoms with Crippen LogP contribution < -0.4 is 10.2 Å². The van der Waals surface area contributed by atoms with Crippen molar-refractivity contribution in [2.75, 3.05) is 12.0 Å². The Balaban J connectivity index is 1.81. The molecule has 0 spiro atoms. The van der Waals surface area contributed by atoms with E-state index < -0.39 is 5.60 Å². The van der Waals surface area contributed by atoms with E-state index in [-0.39, 0.29) is 12.6 Å². The third kappa shape index (κ3) is 5.61. The van der Waals surface area contributed by atoms with Gasteiger partial charge in [-0.15, -0.1) is 0 Å². The summed E-state index contributed by atoms with van der Waals surface area (Å²) in [6, 6.07) is 9.86. The Morgan fingerprint density at radius 2 is 2.15 bits per heavy atom. The zero-order chi connectivity index (χ0) is 19.3. The first-order valence-corrected chi connectivity index (χ1v) is 8.47. The standard InChI is InChI=1S/C19H22N6O2/c1-14-5-4-6-15(9-14)11-21-24-16-10-17(25-8-7-20-13-25)23-18(22-16)27-12-19(2,3)26/h4-11,13,26H,12H2,1-3H3,(H,22,23,24). The van der Waals surface area contributed by atoms with Gasteiger partial charge in [-0.1, -0.05) is 29.8 Å². The summed E-state index contributed by atoms with van der Waals surface area (Å²) in [5, 5.41) is 14.1. The summed E-state index contributed by atoms with van der Waals surface area (Å²) in [4.78, 5) is 12.7. The minimum Gasteiger partial charge on any atom is -0.460 e. The lowest BCUT2D eigenvalue weighted by molar-refractivity contribution is 0.0250. The molecule has 27 heavy (non-hydrogen) atoms. The van der Waals surface area contributed by atoms with Gasteiger partial charge in [-0.25, -0.2) is 4.98 Å². The van der Waals surface area contributed by atoms with E-state index in [1.807, 2.05) is 31.2 Å². The summed E-state index contributed by atoms with van der Waals surface area (Å²) in [5.41, 5.74) is 4.03. The first-order chi connectivity index (χ1) is 12.9. The topological polar surface area (TPSA) is 97.5 Å². The van der Waals surface area contributed by atoms with Crippen LogP contribution in [0, 0.1) is 6.92 Å². The van der Waals surface area contributed by atoms with Gasteiger partial charge in [-0.3, -0.25) is 9.99 Å². The molecule has 0 bridgehead atoms. The number of aromatic nitrogens is 4. The number of aliphatic hydroxyl groups is 1. The third-order valence-corrected chi connectivity index (χ3v) is 3.45. The second-order valence-corrected chi connectivity index (χ2v) is 6.75. The van der Waals surface area contributed by atoms with Crippen LogP contribution in [0.25, 0.3) is 5.82 Å². The Hall–Kier alpha value is -3.26. The molecule has 2 N–H and O–H groups in total. The number of benzene rings is 1. The molecule has 3 rings (SSSR count). The summed E-state index contributed by atoms with van der Waals surface area (Å²) >= 11 is 0. The van der Waals surface area contributed by atoms with Crippen LogP contribution in [0.15, 0.2) is 54.2 Å². The van der Waals surface area contributed by atoms with Gasteiger partial charge in [0.25, 0.3) is 0 Å². The zero-order valence-corrected chi connectivity index (χ0v) is 15.5. The van der Waals surface area contributed by atoms with Gasteiger partial charge >= 0.3 is 6.01 Å². The van der Waals surface area contributed by atoms with Crippen LogP contribution in [0.3, 0.4) is 0 Å². The smallest absolute Gasteiger partial charge is 0.320 e. The Kier molecular flexibility index (Phi) is 5.46. The molecule has 2 heterocycles. The van der Waals surface area contributed by atoms with Crippen LogP contribution in [-0.4, -0.2) is 43.0 Å². The van der Waals surface area contributed by atoms with Gasteiger partial charge < -0.3 is 9.84 Å². The number of rotatable bonds is 7. The van der Waals surface area contributed by atoms with Crippen molar-refractivity contribution in [1.82, 2.24) is 19.5 Å². The van der Waals surface area contributed by atoms with Crippen molar-refractivity contribution >= 4 is 12.0 Å². The maximum atomic E-state index is 9.86. The number of hydrazone groups is 1. The second-order valence-electron chi connectivity index (χ2n) is 6.75. The minimum atomic E-state index is -0.995. The molecule has 0 radical (unpaired) electrons. The minimum absolute atomic E-state index is 0.0619. The highest BCUT2D eigenvalue weighted by Crippen LogP contribution is 2.16. The van der Waals surface area contributed by atoms with Crippen LogP contribution >= 0.6 is 0 Å². The van der Waals surface area contributed by atoms with Gasteiger partial charge in [0.05, 0.1) is 11.8 Å². The number of ether oxygens (including phenoxy) is 1. The van der Waals surface area contributed by atoms with Gasteiger partial charge in [0.1, 0.15) is 18.8 Å². The number of nitrogens with zero attached hydrogens (tertiary/aromatic N) is 5. The molecule has 0 amide bonds. The molecule has 0 aliphatic heterocycles. The van der Waals surface area contributed by atoms with E-state index in [1.54, 1.807) is 49.4 Å². The van der Waals surface area contributed by atoms with Crippen LogP contribution in [0.2, 0.25) is 0 Å². The molecule has 3 aromatic rings. The Bertz CT molecular complexity index is 916. The largest absolute Gasteiger partial charge is 0.460 e. The third-order valence-electron chi connectivity index (χ3n) is 3.45. The van der Waals surface area contributed by atoms with Crippen LogP contribution in [0.1, 0.15) is 25.0 Å². The van der Waals surface area contributed by atoms with Crippen molar-refractivity contribution in [1.29, 1.82) is 0 Å². The van der Waals surface area contributed by atoms with Gasteiger partial charge in [0.2, 0.25) is 0 Å². The van der Waals surface area contributed by atoms with Crippen molar-refractivity contribution in [3.8, 4) is 11.8 Å². The second kappa shape index (κ2) is 7.96. The Labute approximate surface area is 157 Å². The van der Waals surface area contributed by atoms with E-state index in [0.29, 0.717) is 11.6 Å². The first-order valence-electron chi connectivity index (χ1n) is 8.47. The van der Waals surface area contributed by atoms with Crippen LogP contribution in [0.4, 0.5) is 5.82 Å². The molecule has 0 aliphatic carbocycles.